The fourth-order valence-corrected chi connectivity index (χ4v) is 9.51. The van der Waals surface area contributed by atoms with E-state index in [1.807, 2.05) is 0 Å². The average molecular weight is 753 g/mol. The first-order valence-electron chi connectivity index (χ1n) is 21.5. The van der Waals surface area contributed by atoms with E-state index in [9.17, 15) is 0 Å². The molecule has 2 aliphatic rings. The van der Waals surface area contributed by atoms with E-state index < -0.39 is 5.60 Å². The molecule has 0 radical (unpaired) electrons. The van der Waals surface area contributed by atoms with Crippen LogP contribution in [0.15, 0.2) is 103 Å². The molecular formula is C54H72O2. The van der Waals surface area contributed by atoms with E-state index in [1.54, 1.807) is 0 Å². The second kappa shape index (κ2) is 15.0. The fraction of sp³-hybridized carbons (Fsp3) is 0.519. The van der Waals surface area contributed by atoms with Crippen LogP contribution in [0.1, 0.15) is 162 Å². The topological polar surface area (TPSA) is 18.5 Å². The third-order valence-electron chi connectivity index (χ3n) is 13.2. The Kier molecular flexibility index (Phi) is 11.3. The first-order chi connectivity index (χ1) is 25.9. The highest BCUT2D eigenvalue weighted by Gasteiger charge is 2.62. The lowest BCUT2D eigenvalue weighted by molar-refractivity contribution is -0.316. The highest BCUT2D eigenvalue weighted by Crippen LogP contribution is 2.61. The van der Waals surface area contributed by atoms with Crippen LogP contribution >= 0.6 is 0 Å². The van der Waals surface area contributed by atoms with Crippen molar-refractivity contribution < 1.29 is 9.78 Å². The molecule has 0 N–H and O–H groups in total. The maximum Gasteiger partial charge on any atom is 0.159 e. The summed E-state index contributed by atoms with van der Waals surface area (Å²) in [6, 6.07) is 37.4. The molecule has 1 heterocycles. The number of benzene rings is 4. The zero-order valence-corrected chi connectivity index (χ0v) is 37.7. The van der Waals surface area contributed by atoms with Crippen LogP contribution in [0.3, 0.4) is 0 Å². The summed E-state index contributed by atoms with van der Waals surface area (Å²) in [4.78, 5) is 14.2. The van der Waals surface area contributed by atoms with E-state index in [0.717, 1.165) is 6.42 Å². The first-order valence-corrected chi connectivity index (χ1v) is 21.5. The molecule has 56 heavy (non-hydrogen) atoms. The standard InChI is InChI=1S/C54H72O2/c1-34(2)44-33-45(35(3)4)48-49(47(44)46(36-17-21-38(22-18-36)50(5,6)7)37-19-23-39(24-20-37)51(8,9)10)55-56-54(48,42-29-25-40(26-30-42)52(11,12)13)43-31-27-41(28-32-43)53(14,15)16/h17-32,34-35,44-45,48-49H,33H2,1-16H3. The molecule has 0 amide bonds. The lowest BCUT2D eigenvalue weighted by Gasteiger charge is -2.48. The molecule has 4 unspecified atom stereocenters. The Morgan fingerprint density at radius 2 is 0.839 bits per heavy atom. The Balaban J connectivity index is 1.67. The minimum atomic E-state index is -0.795. The molecule has 4 aromatic carbocycles. The van der Waals surface area contributed by atoms with Crippen LogP contribution in [0.5, 0.6) is 0 Å². The third-order valence-corrected chi connectivity index (χ3v) is 13.2. The molecule has 0 bridgehead atoms. The Labute approximate surface area is 341 Å². The molecule has 300 valence electrons. The van der Waals surface area contributed by atoms with Gasteiger partial charge >= 0.3 is 0 Å². The van der Waals surface area contributed by atoms with Crippen molar-refractivity contribution in [2.75, 3.05) is 0 Å². The van der Waals surface area contributed by atoms with E-state index in [4.69, 9.17) is 9.78 Å². The molecule has 2 heteroatoms. The van der Waals surface area contributed by atoms with Crippen molar-refractivity contribution in [1.82, 2.24) is 0 Å². The van der Waals surface area contributed by atoms with Crippen molar-refractivity contribution in [2.45, 2.75) is 151 Å². The zero-order chi connectivity index (χ0) is 41.2. The van der Waals surface area contributed by atoms with Gasteiger partial charge in [-0.1, -0.05) is 208 Å². The van der Waals surface area contributed by atoms with Gasteiger partial charge in [0.2, 0.25) is 0 Å². The quantitative estimate of drug-likeness (QED) is 0.183. The third kappa shape index (κ3) is 8.00. The SMILES string of the molecule is CC(C)C1CC(C(C)C)C2C(OOC2(c2ccc(C(C)(C)C)cc2)c2ccc(C(C)(C)C)cc2)C1=C(c1ccc(C(C)(C)C)cc1)c1ccc(C(C)(C)C)cc1. The average Bonchev–Trinajstić information content (AvgIpc) is 3.52. The van der Waals surface area contributed by atoms with Gasteiger partial charge in [0, 0.05) is 5.92 Å². The summed E-state index contributed by atoms with van der Waals surface area (Å²) in [5.74, 6) is 1.57. The largest absolute Gasteiger partial charge is 0.227 e. The predicted molar refractivity (Wildman–Crippen MR) is 238 cm³/mol. The summed E-state index contributed by atoms with van der Waals surface area (Å²) in [6.07, 6.45) is 0.831. The van der Waals surface area contributed by atoms with E-state index in [-0.39, 0.29) is 33.7 Å². The molecule has 0 spiro atoms. The molecule has 4 atom stereocenters. The highest BCUT2D eigenvalue weighted by molar-refractivity contribution is 5.83. The molecule has 1 aliphatic heterocycles. The molecule has 1 saturated carbocycles. The summed E-state index contributed by atoms with van der Waals surface area (Å²) in [5, 5.41) is 0. The van der Waals surface area contributed by atoms with E-state index in [1.165, 1.54) is 55.7 Å². The van der Waals surface area contributed by atoms with Gasteiger partial charge in [-0.15, -0.1) is 0 Å². The molecular weight excluding hydrogens is 681 g/mol. The van der Waals surface area contributed by atoms with Crippen molar-refractivity contribution in [2.24, 2.45) is 29.6 Å². The number of fused-ring (bicyclic) bond motifs is 1. The monoisotopic (exact) mass is 753 g/mol. The lowest BCUT2D eigenvalue weighted by Crippen LogP contribution is -2.49. The molecule has 2 nitrogen and oxygen atoms in total. The summed E-state index contributed by atoms with van der Waals surface area (Å²) in [7, 11) is 0. The van der Waals surface area contributed by atoms with Gasteiger partial charge in [0.15, 0.2) is 5.60 Å². The molecule has 0 aromatic heterocycles. The Hall–Kier alpha value is -3.46. The van der Waals surface area contributed by atoms with Crippen LogP contribution in [0.4, 0.5) is 0 Å². The smallest absolute Gasteiger partial charge is 0.159 e. The normalized spacial score (nSPS) is 21.8. The fourth-order valence-electron chi connectivity index (χ4n) is 9.51. The Morgan fingerprint density at radius 3 is 1.14 bits per heavy atom. The van der Waals surface area contributed by atoms with Crippen LogP contribution in [-0.4, -0.2) is 6.10 Å². The molecule has 4 aromatic rings. The minimum Gasteiger partial charge on any atom is -0.227 e. The van der Waals surface area contributed by atoms with Gasteiger partial charge in [-0.2, -0.15) is 0 Å². The second-order valence-electron chi connectivity index (χ2n) is 22.0. The van der Waals surface area contributed by atoms with E-state index >= 15 is 0 Å². The van der Waals surface area contributed by atoms with Gasteiger partial charge in [0.25, 0.3) is 0 Å². The lowest BCUT2D eigenvalue weighted by atomic mass is 9.55. The summed E-state index contributed by atoms with van der Waals surface area (Å²) in [6.45, 7) is 37.2. The van der Waals surface area contributed by atoms with Crippen LogP contribution in [-0.2, 0) is 37.0 Å². The van der Waals surface area contributed by atoms with Crippen molar-refractivity contribution >= 4 is 5.57 Å². The van der Waals surface area contributed by atoms with E-state index in [0.29, 0.717) is 23.7 Å². The Bertz CT molecular complexity index is 1860. The summed E-state index contributed by atoms with van der Waals surface area (Å²) in [5.41, 5.74) is 12.2. The van der Waals surface area contributed by atoms with Crippen LogP contribution in [0.2, 0.25) is 0 Å². The molecule has 2 fully saturated rings. The van der Waals surface area contributed by atoms with Gasteiger partial charge in [0.1, 0.15) is 6.10 Å². The Morgan fingerprint density at radius 1 is 0.500 bits per heavy atom. The van der Waals surface area contributed by atoms with Gasteiger partial charge in [-0.3, -0.25) is 0 Å². The van der Waals surface area contributed by atoms with Gasteiger partial charge in [0.05, 0.1) is 0 Å². The molecule has 1 saturated heterocycles. The number of hydrogen-bond donors (Lipinski definition) is 0. The minimum absolute atomic E-state index is 0.0430. The van der Waals surface area contributed by atoms with E-state index in [2.05, 4.69) is 208 Å². The maximum atomic E-state index is 7.16. The van der Waals surface area contributed by atoms with Crippen molar-refractivity contribution in [3.63, 3.8) is 0 Å². The van der Waals surface area contributed by atoms with Gasteiger partial charge < -0.3 is 0 Å². The summed E-state index contributed by atoms with van der Waals surface area (Å²) >= 11 is 0. The molecule has 6 rings (SSSR count). The van der Waals surface area contributed by atoms with Gasteiger partial charge in [-0.05, 0) is 107 Å². The maximum absolute atomic E-state index is 7.16. The second-order valence-corrected chi connectivity index (χ2v) is 22.0. The summed E-state index contributed by atoms with van der Waals surface area (Å²) < 4.78 is 0. The van der Waals surface area contributed by atoms with Gasteiger partial charge in [-0.25, -0.2) is 9.78 Å². The zero-order valence-electron chi connectivity index (χ0n) is 37.7. The van der Waals surface area contributed by atoms with Crippen LogP contribution < -0.4 is 0 Å². The van der Waals surface area contributed by atoms with Crippen LogP contribution in [0.25, 0.3) is 5.57 Å². The highest BCUT2D eigenvalue weighted by atomic mass is 17.2. The first kappa shape index (κ1) is 42.2. The van der Waals surface area contributed by atoms with Crippen LogP contribution in [0, 0.1) is 29.6 Å². The van der Waals surface area contributed by atoms with Crippen molar-refractivity contribution in [1.29, 1.82) is 0 Å². The van der Waals surface area contributed by atoms with Crippen molar-refractivity contribution in [3.8, 4) is 0 Å². The van der Waals surface area contributed by atoms with Crippen molar-refractivity contribution in [3.05, 3.63) is 147 Å². The predicted octanol–water partition coefficient (Wildman–Crippen LogP) is 14.5. The number of hydrogen-bond acceptors (Lipinski definition) is 2. The number of rotatable bonds is 6. The molecule has 1 aliphatic carbocycles.